The molecule has 110 valence electrons. The molecular formula is C16H23FN2O. The first kappa shape index (κ1) is 14.0. The Kier molecular flexibility index (Phi) is 4.06. The predicted octanol–water partition coefficient (Wildman–Crippen LogP) is 2.39. The maximum atomic E-state index is 14.2. The Labute approximate surface area is 119 Å². The maximum absolute atomic E-state index is 14.2. The van der Waals surface area contributed by atoms with Gasteiger partial charge in [-0.2, -0.15) is 0 Å². The Bertz CT molecular complexity index is 480. The van der Waals surface area contributed by atoms with Crippen LogP contribution in [0.5, 0.6) is 0 Å². The van der Waals surface area contributed by atoms with Crippen LogP contribution in [0.15, 0.2) is 18.2 Å². The van der Waals surface area contributed by atoms with Crippen LogP contribution in [0, 0.1) is 12.7 Å². The van der Waals surface area contributed by atoms with E-state index >= 15 is 0 Å². The highest BCUT2D eigenvalue weighted by molar-refractivity contribution is 5.27. The van der Waals surface area contributed by atoms with Crippen molar-refractivity contribution in [1.29, 1.82) is 0 Å². The number of rotatable bonds is 3. The zero-order valence-electron chi connectivity index (χ0n) is 12.0. The SMILES string of the molecule is Cc1ccc(F)c(C(CN)N2CCOC3CCCC32)c1. The smallest absolute Gasteiger partial charge is 0.128 e. The van der Waals surface area contributed by atoms with Crippen molar-refractivity contribution in [3.05, 3.63) is 35.1 Å². The number of fused-ring (bicyclic) bond motifs is 1. The van der Waals surface area contributed by atoms with Gasteiger partial charge < -0.3 is 10.5 Å². The monoisotopic (exact) mass is 278 g/mol. The third-order valence-corrected chi connectivity index (χ3v) is 4.66. The highest BCUT2D eigenvalue weighted by Crippen LogP contribution is 2.35. The minimum Gasteiger partial charge on any atom is -0.375 e. The van der Waals surface area contributed by atoms with Crippen LogP contribution in [0.1, 0.15) is 36.4 Å². The van der Waals surface area contributed by atoms with Gasteiger partial charge in [0.05, 0.1) is 18.8 Å². The van der Waals surface area contributed by atoms with E-state index in [9.17, 15) is 4.39 Å². The summed E-state index contributed by atoms with van der Waals surface area (Å²) in [7, 11) is 0. The van der Waals surface area contributed by atoms with E-state index in [2.05, 4.69) is 4.90 Å². The molecule has 20 heavy (non-hydrogen) atoms. The Balaban J connectivity index is 1.90. The second-order valence-electron chi connectivity index (χ2n) is 5.92. The normalized spacial score (nSPS) is 28.4. The molecule has 4 heteroatoms. The molecule has 1 aromatic carbocycles. The van der Waals surface area contributed by atoms with Crippen molar-refractivity contribution in [1.82, 2.24) is 4.90 Å². The molecule has 0 amide bonds. The van der Waals surface area contributed by atoms with Gasteiger partial charge in [0.1, 0.15) is 5.82 Å². The fourth-order valence-electron chi connectivity index (χ4n) is 3.70. The molecule has 1 heterocycles. The second kappa shape index (κ2) is 5.80. The van der Waals surface area contributed by atoms with E-state index in [1.807, 2.05) is 19.1 Å². The molecule has 2 aliphatic rings. The van der Waals surface area contributed by atoms with Gasteiger partial charge in [-0.15, -0.1) is 0 Å². The van der Waals surface area contributed by atoms with Crippen molar-refractivity contribution in [2.45, 2.75) is 44.4 Å². The molecular weight excluding hydrogens is 255 g/mol. The summed E-state index contributed by atoms with van der Waals surface area (Å²) in [5.74, 6) is -0.146. The minimum absolute atomic E-state index is 0.0376. The van der Waals surface area contributed by atoms with Gasteiger partial charge >= 0.3 is 0 Å². The lowest BCUT2D eigenvalue weighted by atomic mass is 9.98. The summed E-state index contributed by atoms with van der Waals surface area (Å²) in [5, 5.41) is 0. The largest absolute Gasteiger partial charge is 0.375 e. The van der Waals surface area contributed by atoms with Crippen molar-refractivity contribution < 1.29 is 9.13 Å². The molecule has 0 radical (unpaired) electrons. The quantitative estimate of drug-likeness (QED) is 0.922. The number of benzene rings is 1. The number of nitrogens with zero attached hydrogens (tertiary/aromatic N) is 1. The zero-order valence-corrected chi connectivity index (χ0v) is 12.0. The average molecular weight is 278 g/mol. The third kappa shape index (κ3) is 2.48. The fraction of sp³-hybridized carbons (Fsp3) is 0.625. The fourth-order valence-corrected chi connectivity index (χ4v) is 3.70. The van der Waals surface area contributed by atoms with Gasteiger partial charge in [0.25, 0.3) is 0 Å². The van der Waals surface area contributed by atoms with Gasteiger partial charge in [-0.3, -0.25) is 4.90 Å². The van der Waals surface area contributed by atoms with E-state index in [4.69, 9.17) is 10.5 Å². The Hall–Kier alpha value is -0.970. The van der Waals surface area contributed by atoms with E-state index in [0.717, 1.165) is 37.1 Å². The molecule has 2 N–H and O–H groups in total. The number of nitrogens with two attached hydrogens (primary N) is 1. The molecule has 3 atom stereocenters. The lowest BCUT2D eigenvalue weighted by Gasteiger charge is -2.42. The molecule has 3 nitrogen and oxygen atoms in total. The lowest BCUT2D eigenvalue weighted by molar-refractivity contribution is -0.0715. The number of aryl methyl sites for hydroxylation is 1. The first-order valence-corrected chi connectivity index (χ1v) is 7.54. The number of hydrogen-bond donors (Lipinski definition) is 1. The Morgan fingerprint density at radius 1 is 1.45 bits per heavy atom. The number of ether oxygens (including phenoxy) is 1. The van der Waals surface area contributed by atoms with Crippen molar-refractivity contribution in [3.63, 3.8) is 0 Å². The molecule has 3 rings (SSSR count). The highest BCUT2D eigenvalue weighted by Gasteiger charge is 2.39. The van der Waals surface area contributed by atoms with Crippen molar-refractivity contribution in [2.24, 2.45) is 5.73 Å². The molecule has 1 saturated carbocycles. The first-order chi connectivity index (χ1) is 9.70. The summed E-state index contributed by atoms with van der Waals surface area (Å²) in [4.78, 5) is 2.37. The highest BCUT2D eigenvalue weighted by atomic mass is 19.1. The molecule has 0 bridgehead atoms. The van der Waals surface area contributed by atoms with Gasteiger partial charge in [-0.1, -0.05) is 17.7 Å². The molecule has 2 fully saturated rings. The van der Waals surface area contributed by atoms with Crippen LogP contribution < -0.4 is 5.73 Å². The lowest BCUT2D eigenvalue weighted by Crippen LogP contribution is -2.51. The van der Waals surface area contributed by atoms with Crippen molar-refractivity contribution >= 4 is 0 Å². The molecule has 0 aromatic heterocycles. The van der Waals surface area contributed by atoms with Gasteiger partial charge in [-0.25, -0.2) is 4.39 Å². The first-order valence-electron chi connectivity index (χ1n) is 7.54. The van der Waals surface area contributed by atoms with Crippen molar-refractivity contribution in [2.75, 3.05) is 19.7 Å². The number of morpholine rings is 1. The maximum Gasteiger partial charge on any atom is 0.128 e. The summed E-state index contributed by atoms with van der Waals surface area (Å²) < 4.78 is 20.0. The van der Waals surface area contributed by atoms with Crippen LogP contribution in [-0.4, -0.2) is 36.7 Å². The summed E-state index contributed by atoms with van der Waals surface area (Å²) in [5.41, 5.74) is 7.80. The van der Waals surface area contributed by atoms with Crippen LogP contribution in [0.25, 0.3) is 0 Å². The Morgan fingerprint density at radius 2 is 2.30 bits per heavy atom. The summed E-state index contributed by atoms with van der Waals surface area (Å²) in [6.45, 7) is 4.01. The molecule has 3 unspecified atom stereocenters. The topological polar surface area (TPSA) is 38.5 Å². The Morgan fingerprint density at radius 3 is 3.10 bits per heavy atom. The molecule has 1 aliphatic heterocycles. The summed E-state index contributed by atoms with van der Waals surface area (Å²) in [6, 6.07) is 5.66. The zero-order chi connectivity index (χ0) is 14.1. The minimum atomic E-state index is -0.146. The van der Waals surface area contributed by atoms with Gasteiger partial charge in [0.15, 0.2) is 0 Å². The molecule has 1 aromatic rings. The van der Waals surface area contributed by atoms with Crippen LogP contribution >= 0.6 is 0 Å². The second-order valence-corrected chi connectivity index (χ2v) is 5.92. The number of hydrogen-bond acceptors (Lipinski definition) is 3. The molecule has 1 saturated heterocycles. The van der Waals surface area contributed by atoms with E-state index < -0.39 is 0 Å². The van der Waals surface area contributed by atoms with E-state index in [1.165, 1.54) is 6.42 Å². The van der Waals surface area contributed by atoms with Crippen LogP contribution in [0.4, 0.5) is 4.39 Å². The van der Waals surface area contributed by atoms with Gasteiger partial charge in [0.2, 0.25) is 0 Å². The van der Waals surface area contributed by atoms with Crippen LogP contribution in [-0.2, 0) is 4.74 Å². The van der Waals surface area contributed by atoms with Gasteiger partial charge in [0, 0.05) is 24.7 Å². The molecule has 0 spiro atoms. The van der Waals surface area contributed by atoms with Gasteiger partial charge in [-0.05, 0) is 32.3 Å². The third-order valence-electron chi connectivity index (χ3n) is 4.66. The summed E-state index contributed by atoms with van der Waals surface area (Å²) >= 11 is 0. The van der Waals surface area contributed by atoms with Crippen LogP contribution in [0.2, 0.25) is 0 Å². The van der Waals surface area contributed by atoms with Crippen LogP contribution in [0.3, 0.4) is 0 Å². The average Bonchev–Trinajstić information content (AvgIpc) is 2.92. The van der Waals surface area contributed by atoms with E-state index in [0.29, 0.717) is 18.7 Å². The van der Waals surface area contributed by atoms with E-state index in [1.54, 1.807) is 6.07 Å². The van der Waals surface area contributed by atoms with Crippen molar-refractivity contribution in [3.8, 4) is 0 Å². The summed E-state index contributed by atoms with van der Waals surface area (Å²) in [6.07, 6.45) is 3.76. The number of halogens is 1. The predicted molar refractivity (Wildman–Crippen MR) is 77.0 cm³/mol. The standard InChI is InChI=1S/C16H23FN2O/c1-11-5-6-13(17)12(9-11)15(10-18)19-7-8-20-16-4-2-3-14(16)19/h5-6,9,14-16H,2-4,7-8,10,18H2,1H3. The van der Waals surface area contributed by atoms with E-state index in [-0.39, 0.29) is 11.9 Å². The molecule has 1 aliphatic carbocycles.